The topological polar surface area (TPSA) is 25.2 Å². The number of hydrogen-bond acceptors (Lipinski definition) is 2. The molecular weight excluding hydrogens is 316 g/mol. The van der Waals surface area contributed by atoms with Crippen LogP contribution in [-0.2, 0) is 6.54 Å². The van der Waals surface area contributed by atoms with Crippen LogP contribution < -0.4 is 5.32 Å². The van der Waals surface area contributed by atoms with Gasteiger partial charge in [0.15, 0.2) is 0 Å². The van der Waals surface area contributed by atoms with Crippen LogP contribution in [0.25, 0.3) is 11.3 Å². The van der Waals surface area contributed by atoms with Gasteiger partial charge in [-0.1, -0.05) is 13.8 Å². The highest BCUT2D eigenvalue weighted by atomic mass is 79.9. The minimum Gasteiger partial charge on any atom is -0.460 e. The van der Waals surface area contributed by atoms with Crippen molar-refractivity contribution in [2.75, 3.05) is 0 Å². The molecule has 2 nitrogen and oxygen atoms in total. The zero-order valence-corrected chi connectivity index (χ0v) is 12.2. The first-order chi connectivity index (χ1) is 8.97. The summed E-state index contributed by atoms with van der Waals surface area (Å²) in [5.74, 6) is -0.185. The van der Waals surface area contributed by atoms with Gasteiger partial charge in [-0.3, -0.25) is 0 Å². The van der Waals surface area contributed by atoms with E-state index < -0.39 is 11.6 Å². The molecule has 2 rings (SSSR count). The smallest absolute Gasteiger partial charge is 0.138 e. The van der Waals surface area contributed by atoms with Crippen molar-refractivity contribution in [1.29, 1.82) is 0 Å². The van der Waals surface area contributed by atoms with Gasteiger partial charge in [0.1, 0.15) is 23.2 Å². The van der Waals surface area contributed by atoms with Crippen LogP contribution in [-0.4, -0.2) is 6.04 Å². The van der Waals surface area contributed by atoms with Gasteiger partial charge in [0.2, 0.25) is 0 Å². The molecule has 0 atom stereocenters. The number of benzene rings is 1. The molecular formula is C14H14BrF2NO. The predicted molar refractivity (Wildman–Crippen MR) is 73.7 cm³/mol. The highest BCUT2D eigenvalue weighted by Crippen LogP contribution is 2.33. The van der Waals surface area contributed by atoms with Gasteiger partial charge >= 0.3 is 0 Å². The second-order valence-electron chi connectivity index (χ2n) is 4.55. The highest BCUT2D eigenvalue weighted by molar-refractivity contribution is 9.10. The van der Waals surface area contributed by atoms with Gasteiger partial charge in [0.25, 0.3) is 0 Å². The molecule has 1 aromatic heterocycles. The summed E-state index contributed by atoms with van der Waals surface area (Å²) in [6, 6.07) is 5.85. The molecule has 5 heteroatoms. The Morgan fingerprint density at radius 2 is 2.00 bits per heavy atom. The SMILES string of the molecule is CC(C)NCc1ccc(-c2c(F)cc(F)cc2Br)o1. The summed E-state index contributed by atoms with van der Waals surface area (Å²) in [7, 11) is 0. The van der Waals surface area contributed by atoms with Crippen molar-refractivity contribution >= 4 is 15.9 Å². The Labute approximate surface area is 118 Å². The summed E-state index contributed by atoms with van der Waals surface area (Å²) in [5.41, 5.74) is 0.234. The van der Waals surface area contributed by atoms with Gasteiger partial charge in [-0.25, -0.2) is 8.78 Å². The quantitative estimate of drug-likeness (QED) is 0.894. The zero-order chi connectivity index (χ0) is 14.0. The van der Waals surface area contributed by atoms with E-state index in [1.807, 2.05) is 13.8 Å². The lowest BCUT2D eigenvalue weighted by molar-refractivity contribution is 0.470. The van der Waals surface area contributed by atoms with Gasteiger partial charge in [-0.15, -0.1) is 0 Å². The second-order valence-corrected chi connectivity index (χ2v) is 5.40. The van der Waals surface area contributed by atoms with Crippen molar-refractivity contribution in [2.24, 2.45) is 0 Å². The van der Waals surface area contributed by atoms with Gasteiger partial charge < -0.3 is 9.73 Å². The average molecular weight is 330 g/mol. The molecule has 0 aliphatic heterocycles. The minimum atomic E-state index is -0.649. The van der Waals surface area contributed by atoms with E-state index in [1.54, 1.807) is 12.1 Å². The Bertz CT molecular complexity index is 558. The fraction of sp³-hybridized carbons (Fsp3) is 0.286. The molecule has 19 heavy (non-hydrogen) atoms. The van der Waals surface area contributed by atoms with Crippen LogP contribution in [0.3, 0.4) is 0 Å². The third-order valence-electron chi connectivity index (χ3n) is 2.60. The first kappa shape index (κ1) is 14.2. The van der Waals surface area contributed by atoms with Gasteiger partial charge in [-0.05, 0) is 34.1 Å². The summed E-state index contributed by atoms with van der Waals surface area (Å²) in [4.78, 5) is 0. The lowest BCUT2D eigenvalue weighted by Crippen LogP contribution is -2.21. The van der Waals surface area contributed by atoms with E-state index in [0.29, 0.717) is 28.6 Å². The molecule has 0 radical (unpaired) electrons. The van der Waals surface area contributed by atoms with Crippen molar-refractivity contribution in [3.63, 3.8) is 0 Å². The summed E-state index contributed by atoms with van der Waals surface area (Å²) in [5, 5.41) is 3.21. The third kappa shape index (κ3) is 3.42. The van der Waals surface area contributed by atoms with Crippen LogP contribution in [0.5, 0.6) is 0 Å². The van der Waals surface area contributed by atoms with Crippen molar-refractivity contribution in [3.05, 3.63) is 46.1 Å². The lowest BCUT2D eigenvalue weighted by Gasteiger charge is -2.06. The minimum absolute atomic E-state index is 0.234. The monoisotopic (exact) mass is 329 g/mol. The molecule has 0 saturated carbocycles. The van der Waals surface area contributed by atoms with Crippen LogP contribution in [0, 0.1) is 11.6 Å². The Morgan fingerprint density at radius 1 is 1.26 bits per heavy atom. The van der Waals surface area contributed by atoms with Crippen LogP contribution in [0.4, 0.5) is 8.78 Å². The van der Waals surface area contributed by atoms with Gasteiger partial charge in [-0.2, -0.15) is 0 Å². The number of rotatable bonds is 4. The van der Waals surface area contributed by atoms with E-state index in [1.165, 1.54) is 6.07 Å². The number of furan rings is 1. The van der Waals surface area contributed by atoms with Crippen LogP contribution in [0.15, 0.2) is 33.2 Å². The maximum Gasteiger partial charge on any atom is 0.138 e. The van der Waals surface area contributed by atoms with Crippen molar-refractivity contribution in [1.82, 2.24) is 5.32 Å². The van der Waals surface area contributed by atoms with Crippen LogP contribution in [0.1, 0.15) is 19.6 Å². The van der Waals surface area contributed by atoms with Gasteiger partial charge in [0, 0.05) is 16.6 Å². The van der Waals surface area contributed by atoms with E-state index in [2.05, 4.69) is 21.2 Å². The maximum absolute atomic E-state index is 13.8. The highest BCUT2D eigenvalue weighted by Gasteiger charge is 2.15. The van der Waals surface area contributed by atoms with E-state index in [9.17, 15) is 8.78 Å². The molecule has 0 unspecified atom stereocenters. The second kappa shape index (κ2) is 5.84. The third-order valence-corrected chi connectivity index (χ3v) is 3.22. The molecule has 0 bridgehead atoms. The molecule has 1 N–H and O–H groups in total. The average Bonchev–Trinajstić information content (AvgIpc) is 2.73. The zero-order valence-electron chi connectivity index (χ0n) is 10.6. The van der Waals surface area contributed by atoms with E-state index in [0.717, 1.165) is 6.07 Å². The van der Waals surface area contributed by atoms with Gasteiger partial charge in [0.05, 0.1) is 12.1 Å². The van der Waals surface area contributed by atoms with E-state index >= 15 is 0 Å². The van der Waals surface area contributed by atoms with Crippen molar-refractivity contribution in [3.8, 4) is 11.3 Å². The predicted octanol–water partition coefficient (Wildman–Crippen LogP) is 4.49. The molecule has 0 aliphatic carbocycles. The largest absolute Gasteiger partial charge is 0.460 e. The molecule has 1 aromatic carbocycles. The molecule has 0 aliphatic rings. The molecule has 0 fully saturated rings. The summed E-state index contributed by atoms with van der Waals surface area (Å²) >= 11 is 3.15. The standard InChI is InChI=1S/C14H14BrF2NO/c1-8(2)18-7-10-3-4-13(19-10)14-11(15)5-9(16)6-12(14)17/h3-6,8,18H,7H2,1-2H3. The first-order valence-corrected chi connectivity index (χ1v) is 6.73. The first-order valence-electron chi connectivity index (χ1n) is 5.94. The molecule has 0 amide bonds. The Morgan fingerprint density at radius 3 is 2.63 bits per heavy atom. The molecule has 102 valence electrons. The Hall–Kier alpha value is -1.20. The molecule has 2 aromatic rings. The van der Waals surface area contributed by atoms with Crippen LogP contribution in [0.2, 0.25) is 0 Å². The fourth-order valence-electron chi connectivity index (χ4n) is 1.69. The summed E-state index contributed by atoms with van der Waals surface area (Å²) in [6.45, 7) is 4.62. The fourth-order valence-corrected chi connectivity index (χ4v) is 2.29. The Kier molecular flexibility index (Phi) is 4.37. The van der Waals surface area contributed by atoms with Crippen LogP contribution >= 0.6 is 15.9 Å². The van der Waals surface area contributed by atoms with E-state index in [4.69, 9.17) is 4.42 Å². The van der Waals surface area contributed by atoms with Crippen molar-refractivity contribution in [2.45, 2.75) is 26.4 Å². The number of halogens is 3. The van der Waals surface area contributed by atoms with Crippen molar-refractivity contribution < 1.29 is 13.2 Å². The lowest BCUT2D eigenvalue weighted by atomic mass is 10.1. The number of nitrogens with one attached hydrogen (secondary N) is 1. The Balaban J connectivity index is 2.28. The molecule has 0 spiro atoms. The summed E-state index contributed by atoms with van der Waals surface area (Å²) < 4.78 is 32.7. The summed E-state index contributed by atoms with van der Waals surface area (Å²) in [6.07, 6.45) is 0. The maximum atomic E-state index is 13.8. The normalized spacial score (nSPS) is 11.3. The number of hydrogen-bond donors (Lipinski definition) is 1. The molecule has 1 heterocycles. The molecule has 0 saturated heterocycles. The van der Waals surface area contributed by atoms with E-state index in [-0.39, 0.29) is 5.56 Å².